The van der Waals surface area contributed by atoms with Crippen LogP contribution in [0.1, 0.15) is 54.0 Å². The molecule has 7 nitrogen and oxygen atoms in total. The highest BCUT2D eigenvalue weighted by molar-refractivity contribution is 5.95. The van der Waals surface area contributed by atoms with Gasteiger partial charge >= 0.3 is 0 Å². The van der Waals surface area contributed by atoms with Crippen LogP contribution in [-0.4, -0.2) is 32.5 Å². The third-order valence-electron chi connectivity index (χ3n) is 4.63. The Bertz CT molecular complexity index is 932. The molecule has 0 spiro atoms. The number of rotatable bonds is 7. The minimum Gasteiger partial charge on any atom is -0.477 e. The number of nitrogens with one attached hydrogen (secondary N) is 1. The first kappa shape index (κ1) is 19.5. The molecular formula is C21H25N5O2. The van der Waals surface area contributed by atoms with Crippen molar-refractivity contribution in [1.82, 2.24) is 25.3 Å². The molecular weight excluding hydrogens is 354 g/mol. The molecule has 7 heteroatoms. The number of hydrogen-bond acceptors (Lipinski definition) is 5. The molecule has 2 aromatic heterocycles. The number of aryl methyl sites for hydroxylation is 1. The summed E-state index contributed by atoms with van der Waals surface area (Å²) in [4.78, 5) is 12.7. The fourth-order valence-electron chi connectivity index (χ4n) is 2.91. The van der Waals surface area contributed by atoms with E-state index in [9.17, 15) is 4.79 Å². The second-order valence-electron chi connectivity index (χ2n) is 6.51. The van der Waals surface area contributed by atoms with Crippen LogP contribution in [0.5, 0.6) is 5.88 Å². The zero-order valence-electron chi connectivity index (χ0n) is 16.6. The summed E-state index contributed by atoms with van der Waals surface area (Å²) >= 11 is 0. The van der Waals surface area contributed by atoms with E-state index >= 15 is 0 Å². The third kappa shape index (κ3) is 4.19. The Balaban J connectivity index is 1.73. The maximum atomic E-state index is 12.7. The summed E-state index contributed by atoms with van der Waals surface area (Å²) < 4.78 is 6.90. The number of hydrogen-bond donors (Lipinski definition) is 1. The smallest absolute Gasteiger partial charge is 0.255 e. The van der Waals surface area contributed by atoms with Crippen LogP contribution in [0.15, 0.2) is 42.6 Å². The first-order chi connectivity index (χ1) is 13.5. The molecule has 0 saturated carbocycles. The van der Waals surface area contributed by atoms with Crippen LogP contribution in [0.2, 0.25) is 0 Å². The van der Waals surface area contributed by atoms with Crippen molar-refractivity contribution in [3.05, 3.63) is 65.0 Å². The quantitative estimate of drug-likeness (QED) is 0.680. The summed E-state index contributed by atoms with van der Waals surface area (Å²) in [6, 6.07) is 11.7. The van der Waals surface area contributed by atoms with Gasteiger partial charge in [-0.25, -0.2) is 4.68 Å². The summed E-state index contributed by atoms with van der Waals surface area (Å²) in [5.74, 6) is 0.815. The van der Waals surface area contributed by atoms with E-state index in [0.29, 0.717) is 29.6 Å². The Labute approximate surface area is 164 Å². The van der Waals surface area contributed by atoms with Gasteiger partial charge in [-0.15, -0.1) is 10.2 Å². The molecule has 0 bridgehead atoms. The average Bonchev–Trinajstić information content (AvgIpc) is 3.10. The SMILES string of the molecule is CCOc1ccc(-n2ncc(C(=O)NC(C)c3ccc(CC)cc3)c2C)nn1. The molecule has 0 aliphatic carbocycles. The standard InChI is InChI=1S/C21H25N5O2/c1-5-16-7-9-17(10-8-16)14(3)23-21(27)18-13-22-26(15(18)4)19-11-12-20(25-24-19)28-6-2/h7-14H,5-6H2,1-4H3,(H,23,27). The largest absolute Gasteiger partial charge is 0.477 e. The minimum absolute atomic E-state index is 0.105. The van der Waals surface area contributed by atoms with E-state index in [-0.39, 0.29) is 11.9 Å². The van der Waals surface area contributed by atoms with Gasteiger partial charge in [0.25, 0.3) is 5.91 Å². The molecule has 1 atom stereocenters. The number of nitrogens with zero attached hydrogens (tertiary/aromatic N) is 4. The number of carbonyl (C=O) groups excluding carboxylic acids is 1. The van der Waals surface area contributed by atoms with Crippen molar-refractivity contribution in [3.63, 3.8) is 0 Å². The van der Waals surface area contributed by atoms with E-state index in [1.807, 2.05) is 20.8 Å². The highest BCUT2D eigenvalue weighted by atomic mass is 16.5. The molecule has 3 aromatic rings. The van der Waals surface area contributed by atoms with Gasteiger partial charge in [0.05, 0.1) is 30.1 Å². The number of amides is 1. The predicted octanol–water partition coefficient (Wildman–Crippen LogP) is 3.42. The predicted molar refractivity (Wildman–Crippen MR) is 107 cm³/mol. The van der Waals surface area contributed by atoms with Crippen LogP contribution in [0.25, 0.3) is 5.82 Å². The summed E-state index contributed by atoms with van der Waals surface area (Å²) in [6.45, 7) is 8.34. The van der Waals surface area contributed by atoms with Gasteiger partial charge in [-0.3, -0.25) is 4.79 Å². The van der Waals surface area contributed by atoms with Gasteiger partial charge < -0.3 is 10.1 Å². The molecule has 3 rings (SSSR count). The molecule has 1 unspecified atom stereocenters. The maximum absolute atomic E-state index is 12.7. The molecule has 1 aromatic carbocycles. The van der Waals surface area contributed by atoms with Gasteiger partial charge in [0.2, 0.25) is 5.88 Å². The lowest BCUT2D eigenvalue weighted by atomic mass is 10.0. The van der Waals surface area contributed by atoms with Crippen molar-refractivity contribution < 1.29 is 9.53 Å². The molecule has 28 heavy (non-hydrogen) atoms. The van der Waals surface area contributed by atoms with Gasteiger partial charge in [-0.1, -0.05) is 31.2 Å². The highest BCUT2D eigenvalue weighted by Gasteiger charge is 2.18. The Kier molecular flexibility index (Phi) is 6.03. The molecule has 1 N–H and O–H groups in total. The van der Waals surface area contributed by atoms with Crippen molar-refractivity contribution in [2.75, 3.05) is 6.61 Å². The van der Waals surface area contributed by atoms with Crippen LogP contribution in [0, 0.1) is 6.92 Å². The normalized spacial score (nSPS) is 11.9. The average molecular weight is 379 g/mol. The van der Waals surface area contributed by atoms with E-state index in [1.165, 1.54) is 5.56 Å². The van der Waals surface area contributed by atoms with E-state index in [4.69, 9.17) is 4.74 Å². The Morgan fingerprint density at radius 2 is 1.89 bits per heavy atom. The Hall–Kier alpha value is -3.22. The second kappa shape index (κ2) is 8.65. The van der Waals surface area contributed by atoms with Crippen LogP contribution >= 0.6 is 0 Å². The summed E-state index contributed by atoms with van der Waals surface area (Å²) in [5, 5.41) is 15.5. The number of benzene rings is 1. The van der Waals surface area contributed by atoms with Gasteiger partial charge in [-0.05, 0) is 44.4 Å². The summed E-state index contributed by atoms with van der Waals surface area (Å²) in [7, 11) is 0. The Morgan fingerprint density at radius 3 is 2.50 bits per heavy atom. The van der Waals surface area contributed by atoms with Gasteiger partial charge in [0, 0.05) is 6.07 Å². The van der Waals surface area contributed by atoms with Gasteiger partial charge in [0.15, 0.2) is 5.82 Å². The lowest BCUT2D eigenvalue weighted by molar-refractivity contribution is 0.0939. The zero-order valence-corrected chi connectivity index (χ0v) is 16.6. The third-order valence-corrected chi connectivity index (χ3v) is 4.63. The zero-order chi connectivity index (χ0) is 20.1. The first-order valence-corrected chi connectivity index (χ1v) is 9.44. The summed E-state index contributed by atoms with van der Waals surface area (Å²) in [6.07, 6.45) is 2.55. The molecule has 0 radical (unpaired) electrons. The Morgan fingerprint density at radius 1 is 1.14 bits per heavy atom. The molecule has 146 valence electrons. The van der Waals surface area contributed by atoms with E-state index in [1.54, 1.807) is 23.0 Å². The van der Waals surface area contributed by atoms with E-state index in [0.717, 1.165) is 12.0 Å². The van der Waals surface area contributed by atoms with E-state index in [2.05, 4.69) is 51.8 Å². The van der Waals surface area contributed by atoms with Crippen LogP contribution < -0.4 is 10.1 Å². The lowest BCUT2D eigenvalue weighted by Crippen LogP contribution is -2.27. The first-order valence-electron chi connectivity index (χ1n) is 9.44. The molecule has 0 saturated heterocycles. The highest BCUT2D eigenvalue weighted by Crippen LogP contribution is 2.17. The second-order valence-corrected chi connectivity index (χ2v) is 6.51. The monoisotopic (exact) mass is 379 g/mol. The van der Waals surface area contributed by atoms with Crippen molar-refractivity contribution in [1.29, 1.82) is 0 Å². The van der Waals surface area contributed by atoms with Crippen molar-refractivity contribution in [2.24, 2.45) is 0 Å². The fraction of sp³-hybridized carbons (Fsp3) is 0.333. The molecule has 1 amide bonds. The topological polar surface area (TPSA) is 81.9 Å². The number of aromatic nitrogens is 4. The van der Waals surface area contributed by atoms with Gasteiger partial charge in [-0.2, -0.15) is 5.10 Å². The van der Waals surface area contributed by atoms with Crippen LogP contribution in [0.3, 0.4) is 0 Å². The molecule has 2 heterocycles. The van der Waals surface area contributed by atoms with Crippen LogP contribution in [-0.2, 0) is 6.42 Å². The summed E-state index contributed by atoms with van der Waals surface area (Å²) in [5.41, 5.74) is 3.54. The van der Waals surface area contributed by atoms with E-state index < -0.39 is 0 Å². The van der Waals surface area contributed by atoms with Gasteiger partial charge in [0.1, 0.15) is 0 Å². The lowest BCUT2D eigenvalue weighted by Gasteiger charge is -2.14. The molecule has 0 fully saturated rings. The van der Waals surface area contributed by atoms with Crippen molar-refractivity contribution >= 4 is 5.91 Å². The van der Waals surface area contributed by atoms with Crippen molar-refractivity contribution in [3.8, 4) is 11.7 Å². The maximum Gasteiger partial charge on any atom is 0.255 e. The molecule has 0 aliphatic heterocycles. The minimum atomic E-state index is -0.172. The van der Waals surface area contributed by atoms with Crippen LogP contribution in [0.4, 0.5) is 0 Å². The number of ether oxygens (including phenoxy) is 1. The number of carbonyl (C=O) groups is 1. The molecule has 0 aliphatic rings. The van der Waals surface area contributed by atoms with Crippen molar-refractivity contribution in [2.45, 2.75) is 40.2 Å². The fourth-order valence-corrected chi connectivity index (χ4v) is 2.91.